The number of rotatable bonds is 28. The molecule has 0 fully saturated rings. The van der Waals surface area contributed by atoms with Gasteiger partial charge in [-0.3, -0.25) is 9.59 Å². The van der Waals surface area contributed by atoms with Crippen molar-refractivity contribution in [3.05, 3.63) is 0 Å². The third kappa shape index (κ3) is 27.4. The van der Waals surface area contributed by atoms with E-state index in [0.717, 1.165) is 57.8 Å². The molecule has 0 aliphatic heterocycles. The van der Waals surface area contributed by atoms with Crippen LogP contribution in [0.5, 0.6) is 0 Å². The van der Waals surface area contributed by atoms with Crippen molar-refractivity contribution in [3.63, 3.8) is 0 Å². The molecule has 1 N–H and O–H groups in total. The molecule has 0 aromatic rings. The number of hydrogen-bond acceptors (Lipinski definition) is 3. The molecule has 0 aliphatic carbocycles. The number of unbranched alkanes of at least 4 members (excludes halogenated alkanes) is 19. The number of carbonyl (C=O) groups excluding carboxylic acids is 1. The van der Waals surface area contributed by atoms with Crippen LogP contribution in [0.2, 0.25) is 0 Å². The molecule has 4 nitrogen and oxygen atoms in total. The van der Waals surface area contributed by atoms with Gasteiger partial charge in [0.05, 0.1) is 0 Å². The largest absolute Gasteiger partial charge is 0.481 e. The van der Waals surface area contributed by atoms with E-state index in [1.807, 2.05) is 0 Å². The molecular formula is C31H60O4. The van der Waals surface area contributed by atoms with E-state index in [9.17, 15) is 9.59 Å². The fraction of sp³-hybridized carbons (Fsp3) is 0.935. The fourth-order valence-electron chi connectivity index (χ4n) is 4.77. The lowest BCUT2D eigenvalue weighted by atomic mass is 10.0. The minimum Gasteiger partial charge on any atom is -0.481 e. The van der Waals surface area contributed by atoms with Gasteiger partial charge in [0.25, 0.3) is 0 Å². The summed E-state index contributed by atoms with van der Waals surface area (Å²) in [5.41, 5.74) is 0. The highest BCUT2D eigenvalue weighted by atomic mass is 16.5. The van der Waals surface area contributed by atoms with Crippen molar-refractivity contribution < 1.29 is 19.4 Å². The molecule has 1 unspecified atom stereocenters. The van der Waals surface area contributed by atoms with Crippen molar-refractivity contribution in [2.75, 3.05) is 0 Å². The first-order chi connectivity index (χ1) is 17.1. The monoisotopic (exact) mass is 496 g/mol. The second kappa shape index (κ2) is 27.5. The molecule has 0 aliphatic rings. The van der Waals surface area contributed by atoms with E-state index >= 15 is 0 Å². The van der Waals surface area contributed by atoms with Crippen molar-refractivity contribution in [1.29, 1.82) is 0 Å². The molecule has 0 spiro atoms. The maximum Gasteiger partial charge on any atom is 0.306 e. The Labute approximate surface area is 218 Å². The van der Waals surface area contributed by atoms with Crippen molar-refractivity contribution in [2.24, 2.45) is 0 Å². The van der Waals surface area contributed by atoms with Crippen LogP contribution >= 0.6 is 0 Å². The molecule has 0 aromatic carbocycles. The lowest BCUT2D eigenvalue weighted by molar-refractivity contribution is -0.150. The molecule has 0 bridgehead atoms. The molecule has 0 saturated carbocycles. The van der Waals surface area contributed by atoms with Crippen LogP contribution in [-0.4, -0.2) is 23.1 Å². The molecule has 0 radical (unpaired) electrons. The SMILES string of the molecule is CCCCCCCCCCCCCCC(=O)OC(CCCCCCCC)CCCCCCC(=O)O. The van der Waals surface area contributed by atoms with Crippen LogP contribution in [0.25, 0.3) is 0 Å². The van der Waals surface area contributed by atoms with Gasteiger partial charge in [0.1, 0.15) is 6.10 Å². The molecule has 4 heteroatoms. The molecule has 0 aromatic heterocycles. The molecule has 35 heavy (non-hydrogen) atoms. The molecule has 0 saturated heterocycles. The van der Waals surface area contributed by atoms with Gasteiger partial charge in [-0.25, -0.2) is 0 Å². The lowest BCUT2D eigenvalue weighted by Gasteiger charge is -2.18. The predicted molar refractivity (Wildman–Crippen MR) is 149 cm³/mol. The Balaban J connectivity index is 3.91. The van der Waals surface area contributed by atoms with Crippen LogP contribution in [0.15, 0.2) is 0 Å². The van der Waals surface area contributed by atoms with E-state index in [-0.39, 0.29) is 18.5 Å². The molecule has 1 atom stereocenters. The normalized spacial score (nSPS) is 12.1. The Kier molecular flexibility index (Phi) is 26.7. The topological polar surface area (TPSA) is 63.6 Å². The highest BCUT2D eigenvalue weighted by Gasteiger charge is 2.14. The van der Waals surface area contributed by atoms with Gasteiger partial charge in [0.2, 0.25) is 0 Å². The van der Waals surface area contributed by atoms with Crippen LogP contribution in [0, 0.1) is 0 Å². The number of carboxylic acid groups (broad SMARTS) is 1. The molecule has 0 heterocycles. The van der Waals surface area contributed by atoms with Gasteiger partial charge in [-0.15, -0.1) is 0 Å². The summed E-state index contributed by atoms with van der Waals surface area (Å²) in [6.07, 6.45) is 29.7. The number of esters is 1. The van der Waals surface area contributed by atoms with Crippen molar-refractivity contribution in [3.8, 4) is 0 Å². The summed E-state index contributed by atoms with van der Waals surface area (Å²) < 4.78 is 5.89. The Bertz CT molecular complexity index is 463. The van der Waals surface area contributed by atoms with Gasteiger partial charge < -0.3 is 9.84 Å². The smallest absolute Gasteiger partial charge is 0.306 e. The van der Waals surface area contributed by atoms with Gasteiger partial charge in [0.15, 0.2) is 0 Å². The first kappa shape index (κ1) is 33.9. The Morgan fingerprint density at radius 2 is 0.857 bits per heavy atom. The minimum atomic E-state index is -0.710. The summed E-state index contributed by atoms with van der Waals surface area (Å²) in [7, 11) is 0. The second-order valence-corrected chi connectivity index (χ2v) is 10.7. The third-order valence-electron chi connectivity index (χ3n) is 7.08. The Morgan fingerprint density at radius 1 is 0.514 bits per heavy atom. The van der Waals surface area contributed by atoms with E-state index < -0.39 is 5.97 Å². The second-order valence-electron chi connectivity index (χ2n) is 10.7. The Morgan fingerprint density at radius 3 is 1.26 bits per heavy atom. The van der Waals surface area contributed by atoms with Crippen LogP contribution in [-0.2, 0) is 14.3 Å². The van der Waals surface area contributed by atoms with E-state index in [1.165, 1.54) is 96.3 Å². The zero-order valence-electron chi connectivity index (χ0n) is 23.6. The Hall–Kier alpha value is -1.06. The molecule has 208 valence electrons. The van der Waals surface area contributed by atoms with Gasteiger partial charge in [0, 0.05) is 12.8 Å². The van der Waals surface area contributed by atoms with Crippen molar-refractivity contribution in [1.82, 2.24) is 0 Å². The van der Waals surface area contributed by atoms with Gasteiger partial charge in [-0.05, 0) is 38.5 Å². The lowest BCUT2D eigenvalue weighted by Crippen LogP contribution is -2.18. The summed E-state index contributed by atoms with van der Waals surface area (Å²) in [5, 5.41) is 8.76. The van der Waals surface area contributed by atoms with Crippen LogP contribution < -0.4 is 0 Å². The fourth-order valence-corrected chi connectivity index (χ4v) is 4.77. The van der Waals surface area contributed by atoms with Gasteiger partial charge in [-0.1, -0.05) is 129 Å². The van der Waals surface area contributed by atoms with E-state index in [1.54, 1.807) is 0 Å². The maximum atomic E-state index is 12.4. The standard InChI is InChI=1S/C31H60O4/c1-3-5-7-9-11-12-13-14-15-16-18-24-28-31(34)35-29(25-21-17-10-8-6-4-2)26-22-19-20-23-27-30(32)33/h29H,3-28H2,1-2H3,(H,32,33). The van der Waals surface area contributed by atoms with Crippen molar-refractivity contribution >= 4 is 11.9 Å². The first-order valence-corrected chi connectivity index (χ1v) is 15.5. The summed E-state index contributed by atoms with van der Waals surface area (Å²) in [6.45, 7) is 4.51. The number of aliphatic carboxylic acids is 1. The van der Waals surface area contributed by atoms with Crippen LogP contribution in [0.1, 0.15) is 181 Å². The highest BCUT2D eigenvalue weighted by molar-refractivity contribution is 5.69. The number of carboxylic acids is 1. The summed E-state index contributed by atoms with van der Waals surface area (Å²) in [6, 6.07) is 0. The summed E-state index contributed by atoms with van der Waals surface area (Å²) in [5.74, 6) is -0.725. The summed E-state index contributed by atoms with van der Waals surface area (Å²) >= 11 is 0. The molecular weight excluding hydrogens is 436 g/mol. The van der Waals surface area contributed by atoms with Crippen LogP contribution in [0.4, 0.5) is 0 Å². The maximum absolute atomic E-state index is 12.4. The highest BCUT2D eigenvalue weighted by Crippen LogP contribution is 2.18. The average molecular weight is 497 g/mol. The minimum absolute atomic E-state index is 0.0149. The van der Waals surface area contributed by atoms with E-state index in [4.69, 9.17) is 9.84 Å². The van der Waals surface area contributed by atoms with Gasteiger partial charge in [-0.2, -0.15) is 0 Å². The number of hydrogen-bond donors (Lipinski definition) is 1. The quantitative estimate of drug-likeness (QED) is 0.0864. The zero-order valence-corrected chi connectivity index (χ0v) is 23.6. The number of ether oxygens (including phenoxy) is 1. The van der Waals surface area contributed by atoms with Gasteiger partial charge >= 0.3 is 11.9 Å². The van der Waals surface area contributed by atoms with E-state index in [0.29, 0.717) is 6.42 Å². The third-order valence-corrected chi connectivity index (χ3v) is 7.08. The van der Waals surface area contributed by atoms with E-state index in [2.05, 4.69) is 13.8 Å². The van der Waals surface area contributed by atoms with Crippen LogP contribution in [0.3, 0.4) is 0 Å². The number of carbonyl (C=O) groups is 2. The first-order valence-electron chi connectivity index (χ1n) is 15.5. The predicted octanol–water partition coefficient (Wildman–Crippen LogP) is 10.2. The van der Waals surface area contributed by atoms with Crippen molar-refractivity contribution in [2.45, 2.75) is 187 Å². The zero-order chi connectivity index (χ0) is 25.8. The summed E-state index contributed by atoms with van der Waals surface area (Å²) in [4.78, 5) is 23.1. The molecule has 0 rings (SSSR count). The average Bonchev–Trinajstić information content (AvgIpc) is 2.83. The molecule has 0 amide bonds.